The van der Waals surface area contributed by atoms with Crippen LogP contribution in [0.3, 0.4) is 0 Å². The predicted molar refractivity (Wildman–Crippen MR) is 100 cm³/mol. The van der Waals surface area contributed by atoms with Gasteiger partial charge in [0.05, 0.1) is 11.6 Å². The molecule has 0 bridgehead atoms. The molecule has 0 aliphatic carbocycles. The van der Waals surface area contributed by atoms with Crippen LogP contribution in [-0.2, 0) is 6.54 Å². The Bertz CT molecular complexity index is 939. The van der Waals surface area contributed by atoms with Gasteiger partial charge in [-0.1, -0.05) is 12.1 Å². The Labute approximate surface area is 153 Å². The van der Waals surface area contributed by atoms with Crippen molar-refractivity contribution in [2.45, 2.75) is 25.9 Å². The smallest absolute Gasteiger partial charge is 0.140 e. The zero-order valence-corrected chi connectivity index (χ0v) is 14.8. The van der Waals surface area contributed by atoms with Crippen LogP contribution in [0.5, 0.6) is 0 Å². The number of nitriles is 1. The van der Waals surface area contributed by atoms with E-state index in [9.17, 15) is 0 Å². The normalized spacial score (nSPS) is 17.3. The van der Waals surface area contributed by atoms with E-state index in [-0.39, 0.29) is 0 Å². The Morgan fingerprint density at radius 3 is 2.88 bits per heavy atom. The molecule has 1 aliphatic heterocycles. The maximum atomic E-state index is 9.08. The number of pyridine rings is 1. The van der Waals surface area contributed by atoms with E-state index < -0.39 is 0 Å². The first kappa shape index (κ1) is 16.5. The van der Waals surface area contributed by atoms with Gasteiger partial charge in [-0.25, -0.2) is 4.98 Å². The zero-order chi connectivity index (χ0) is 17.9. The lowest BCUT2D eigenvalue weighted by molar-refractivity contribution is 0.316. The second-order valence-corrected chi connectivity index (χ2v) is 6.82. The van der Waals surface area contributed by atoms with Crippen molar-refractivity contribution in [1.82, 2.24) is 19.4 Å². The molecule has 4 rings (SSSR count). The number of hydrogen-bond donors (Lipinski definition) is 0. The number of imidazole rings is 1. The molecule has 1 fully saturated rings. The molecule has 0 saturated carbocycles. The number of benzene rings is 1. The van der Waals surface area contributed by atoms with Gasteiger partial charge in [0.15, 0.2) is 0 Å². The van der Waals surface area contributed by atoms with Gasteiger partial charge in [-0.3, -0.25) is 9.88 Å². The quantitative estimate of drug-likeness (QED) is 0.727. The highest BCUT2D eigenvalue weighted by Crippen LogP contribution is 2.30. The van der Waals surface area contributed by atoms with Crippen LogP contribution in [0.15, 0.2) is 55.0 Å². The minimum Gasteiger partial charge on any atom is -0.324 e. The molecule has 3 heterocycles. The van der Waals surface area contributed by atoms with Crippen molar-refractivity contribution >= 4 is 0 Å². The first-order valence-corrected chi connectivity index (χ1v) is 8.90. The van der Waals surface area contributed by atoms with Crippen molar-refractivity contribution in [3.8, 4) is 17.5 Å². The highest BCUT2D eigenvalue weighted by atomic mass is 15.2. The molecule has 1 saturated heterocycles. The van der Waals surface area contributed by atoms with E-state index in [2.05, 4.69) is 38.5 Å². The lowest BCUT2D eigenvalue weighted by Gasteiger charge is -2.19. The Hall–Kier alpha value is -2.97. The van der Waals surface area contributed by atoms with Crippen molar-refractivity contribution < 1.29 is 0 Å². The van der Waals surface area contributed by atoms with Gasteiger partial charge in [0, 0.05) is 55.5 Å². The maximum Gasteiger partial charge on any atom is 0.140 e. The van der Waals surface area contributed by atoms with Crippen molar-refractivity contribution in [2.24, 2.45) is 0 Å². The Morgan fingerprint density at radius 1 is 1.23 bits per heavy atom. The number of hydrogen-bond acceptors (Lipinski definition) is 4. The number of nitrogens with zero attached hydrogens (tertiary/aromatic N) is 5. The summed E-state index contributed by atoms with van der Waals surface area (Å²) in [6.07, 6.45) is 6.68. The van der Waals surface area contributed by atoms with Crippen molar-refractivity contribution in [1.29, 1.82) is 5.26 Å². The van der Waals surface area contributed by atoms with Gasteiger partial charge in [-0.2, -0.15) is 5.26 Å². The molecular formula is C21H21N5. The summed E-state index contributed by atoms with van der Waals surface area (Å²) in [5.41, 5.74) is 4.22. The molecule has 1 unspecified atom stereocenters. The Balaban J connectivity index is 1.53. The van der Waals surface area contributed by atoms with E-state index in [1.54, 1.807) is 0 Å². The van der Waals surface area contributed by atoms with Gasteiger partial charge < -0.3 is 4.57 Å². The monoisotopic (exact) mass is 343 g/mol. The van der Waals surface area contributed by atoms with Gasteiger partial charge in [0.2, 0.25) is 0 Å². The van der Waals surface area contributed by atoms with E-state index in [4.69, 9.17) is 5.26 Å². The summed E-state index contributed by atoms with van der Waals surface area (Å²) in [5, 5.41) is 9.08. The lowest BCUT2D eigenvalue weighted by Crippen LogP contribution is -2.22. The minimum atomic E-state index is 0.416. The summed E-state index contributed by atoms with van der Waals surface area (Å²) in [5.74, 6) is 1.02. The molecule has 1 aliphatic rings. The van der Waals surface area contributed by atoms with Crippen molar-refractivity contribution in [3.05, 3.63) is 71.8 Å². The second kappa shape index (κ2) is 7.11. The Morgan fingerprint density at radius 2 is 2.08 bits per heavy atom. The summed E-state index contributed by atoms with van der Waals surface area (Å²) in [6.45, 7) is 5.04. The highest BCUT2D eigenvalue weighted by molar-refractivity contribution is 5.55. The number of aromatic nitrogens is 3. The van der Waals surface area contributed by atoms with Crippen LogP contribution in [0, 0.1) is 18.3 Å². The van der Waals surface area contributed by atoms with Crippen LogP contribution in [0.4, 0.5) is 0 Å². The van der Waals surface area contributed by atoms with Gasteiger partial charge in [-0.05, 0) is 43.2 Å². The fourth-order valence-corrected chi connectivity index (χ4v) is 3.79. The number of rotatable bonds is 4. The average Bonchev–Trinajstić information content (AvgIpc) is 3.29. The number of likely N-dealkylation sites (tertiary alicyclic amines) is 1. The first-order valence-electron chi connectivity index (χ1n) is 8.90. The maximum absolute atomic E-state index is 9.08. The molecule has 1 aromatic carbocycles. The van der Waals surface area contributed by atoms with E-state index in [0.29, 0.717) is 6.04 Å². The molecule has 5 nitrogen and oxygen atoms in total. The molecule has 0 radical (unpaired) electrons. The highest BCUT2D eigenvalue weighted by Gasteiger charge is 2.27. The molecule has 130 valence electrons. The van der Waals surface area contributed by atoms with Crippen LogP contribution < -0.4 is 0 Å². The van der Waals surface area contributed by atoms with E-state index in [1.807, 2.05) is 48.9 Å². The summed E-state index contributed by atoms with van der Waals surface area (Å²) in [7, 11) is 0. The summed E-state index contributed by atoms with van der Waals surface area (Å²) < 4.78 is 2.36. The predicted octanol–water partition coefficient (Wildman–Crippen LogP) is 3.57. The fraction of sp³-hybridized carbons (Fsp3) is 0.286. The third-order valence-corrected chi connectivity index (χ3v) is 5.00. The zero-order valence-electron chi connectivity index (χ0n) is 14.8. The van der Waals surface area contributed by atoms with E-state index in [1.165, 1.54) is 11.3 Å². The van der Waals surface area contributed by atoms with Crippen LogP contribution in [-0.4, -0.2) is 32.5 Å². The molecule has 0 spiro atoms. The average molecular weight is 343 g/mol. The lowest BCUT2D eigenvalue weighted by atomic mass is 10.1. The SMILES string of the molecule is Cc1cnc(-c2ccncc2)n1C1CCN(Cc2cccc(C#N)c2)C1. The third kappa shape index (κ3) is 3.24. The molecule has 0 N–H and O–H groups in total. The van der Waals surface area contributed by atoms with E-state index in [0.717, 1.165) is 43.0 Å². The van der Waals surface area contributed by atoms with Crippen molar-refractivity contribution in [2.75, 3.05) is 13.1 Å². The minimum absolute atomic E-state index is 0.416. The van der Waals surface area contributed by atoms with Gasteiger partial charge in [0.1, 0.15) is 5.82 Å². The molecule has 5 heteroatoms. The van der Waals surface area contributed by atoms with Crippen LogP contribution in [0.25, 0.3) is 11.4 Å². The van der Waals surface area contributed by atoms with Gasteiger partial charge >= 0.3 is 0 Å². The molecular weight excluding hydrogens is 322 g/mol. The van der Waals surface area contributed by atoms with Gasteiger partial charge in [-0.15, -0.1) is 0 Å². The summed E-state index contributed by atoms with van der Waals surface area (Å²) in [4.78, 5) is 11.2. The third-order valence-electron chi connectivity index (χ3n) is 5.00. The summed E-state index contributed by atoms with van der Waals surface area (Å²) >= 11 is 0. The van der Waals surface area contributed by atoms with Crippen LogP contribution in [0.2, 0.25) is 0 Å². The molecule has 0 amide bonds. The topological polar surface area (TPSA) is 57.7 Å². The van der Waals surface area contributed by atoms with Gasteiger partial charge in [0.25, 0.3) is 0 Å². The first-order chi connectivity index (χ1) is 12.7. The summed E-state index contributed by atoms with van der Waals surface area (Å²) in [6, 6.07) is 14.6. The Kier molecular flexibility index (Phi) is 4.51. The fourth-order valence-electron chi connectivity index (χ4n) is 3.79. The molecule has 3 aromatic rings. The number of aryl methyl sites for hydroxylation is 1. The largest absolute Gasteiger partial charge is 0.324 e. The standard InChI is InChI=1S/C21H21N5/c1-16-13-24-21(19-5-8-23-9-6-19)26(16)20-7-10-25(15-20)14-18-4-2-3-17(11-18)12-22/h2-6,8-9,11,13,20H,7,10,14-15H2,1H3. The van der Waals surface area contributed by atoms with Crippen molar-refractivity contribution in [3.63, 3.8) is 0 Å². The van der Waals surface area contributed by atoms with Crippen LogP contribution >= 0.6 is 0 Å². The van der Waals surface area contributed by atoms with E-state index >= 15 is 0 Å². The second-order valence-electron chi connectivity index (χ2n) is 6.82. The molecule has 1 atom stereocenters. The molecule has 26 heavy (non-hydrogen) atoms. The molecule has 2 aromatic heterocycles. The van der Waals surface area contributed by atoms with Crippen LogP contribution in [0.1, 0.15) is 29.3 Å².